The predicted octanol–water partition coefficient (Wildman–Crippen LogP) is 2.39. The maximum atomic E-state index is 4.36. The molecule has 0 aliphatic carbocycles. The molecule has 1 atom stereocenters. The summed E-state index contributed by atoms with van der Waals surface area (Å²) >= 11 is 0. The standard InChI is InChI=1S/C9H12N3.2CH3.Lr/c1-6-4-12-5-7(2)11-9(12)8(3)10-6;;;/h4-5,8,10H,3H2,1-2H3;2*1H3;/q3*-1;. The molecule has 1 aromatic rings. The molecule has 2 heterocycles. The molecule has 1 radical (unpaired) electrons. The first-order valence-corrected chi connectivity index (χ1v) is 4.00. The van der Waals surface area contributed by atoms with Gasteiger partial charge in [-0.05, 0) is 19.9 Å². The van der Waals surface area contributed by atoms with E-state index in [1.807, 2.05) is 30.8 Å². The molecular formula is C11H18LrN3-3. The van der Waals surface area contributed by atoms with Gasteiger partial charge in [0.05, 0.1) is 5.69 Å². The van der Waals surface area contributed by atoms with Crippen LogP contribution in [0.3, 0.4) is 0 Å². The number of rotatable bonds is 0. The Kier molecular flexibility index (Phi) is 4.91. The van der Waals surface area contributed by atoms with Crippen LogP contribution in [-0.4, -0.2) is 9.55 Å². The molecule has 0 aromatic carbocycles. The summed E-state index contributed by atoms with van der Waals surface area (Å²) in [6, 6.07) is 0.0729. The Morgan fingerprint density at radius 3 is 2.60 bits per heavy atom. The van der Waals surface area contributed by atoms with E-state index in [1.165, 1.54) is 0 Å². The number of aryl methyl sites for hydroxylation is 1. The van der Waals surface area contributed by atoms with Crippen molar-refractivity contribution in [3.05, 3.63) is 45.2 Å². The Hall–Kier alpha value is -2.25. The number of imidazole rings is 1. The summed E-state index contributed by atoms with van der Waals surface area (Å²) in [4.78, 5) is 4.36. The first kappa shape index (κ1) is 15.2. The van der Waals surface area contributed by atoms with Gasteiger partial charge in [0.2, 0.25) is 0 Å². The third kappa shape index (κ3) is 2.36. The van der Waals surface area contributed by atoms with E-state index in [9.17, 15) is 0 Å². The summed E-state index contributed by atoms with van der Waals surface area (Å²) in [5, 5.41) is 3.22. The van der Waals surface area contributed by atoms with Crippen LogP contribution in [0.15, 0.2) is 11.9 Å². The summed E-state index contributed by atoms with van der Waals surface area (Å²) in [6.07, 6.45) is 4.04. The zero-order valence-corrected chi connectivity index (χ0v) is 11.7. The first-order valence-electron chi connectivity index (χ1n) is 4.00. The molecule has 0 fully saturated rings. The van der Waals surface area contributed by atoms with Crippen molar-refractivity contribution in [2.75, 3.05) is 0 Å². The number of fused-ring (bicyclic) bond motifs is 1. The van der Waals surface area contributed by atoms with E-state index in [0.717, 1.165) is 17.2 Å². The zero-order valence-electron chi connectivity index (χ0n) is 9.59. The van der Waals surface area contributed by atoms with Crippen LogP contribution in [0.1, 0.15) is 24.5 Å². The second kappa shape index (κ2) is 4.84. The quantitative estimate of drug-likeness (QED) is 0.611. The fourth-order valence-corrected chi connectivity index (χ4v) is 1.48. The third-order valence-electron chi connectivity index (χ3n) is 1.93. The van der Waals surface area contributed by atoms with Crippen LogP contribution in [0.5, 0.6) is 0 Å². The van der Waals surface area contributed by atoms with Gasteiger partial charge in [-0.2, -0.15) is 0 Å². The average molecular weight is 454 g/mol. The third-order valence-corrected chi connectivity index (χ3v) is 1.93. The summed E-state index contributed by atoms with van der Waals surface area (Å²) in [5.74, 6) is 0.984. The van der Waals surface area contributed by atoms with E-state index < -0.39 is 0 Å². The van der Waals surface area contributed by atoms with Crippen LogP contribution in [0, 0.1) is 28.7 Å². The van der Waals surface area contributed by atoms with E-state index in [-0.39, 0.29) is 20.9 Å². The van der Waals surface area contributed by atoms with E-state index in [0.29, 0.717) is 0 Å². The van der Waals surface area contributed by atoms with Crippen LogP contribution < -0.4 is 5.32 Å². The van der Waals surface area contributed by atoms with Gasteiger partial charge in [-0.1, -0.05) is 0 Å². The number of hydrogen-bond donors (Lipinski definition) is 1. The molecule has 1 N–H and O–H groups in total. The van der Waals surface area contributed by atoms with Gasteiger partial charge < -0.3 is 31.7 Å². The second-order valence-electron chi connectivity index (χ2n) is 3.16. The molecule has 2 rings (SSSR count). The Morgan fingerprint density at radius 2 is 2.00 bits per heavy atom. The van der Waals surface area contributed by atoms with Gasteiger partial charge in [0.15, 0.2) is 0 Å². The first-order chi connectivity index (χ1) is 5.66. The van der Waals surface area contributed by atoms with Crippen molar-refractivity contribution < 1.29 is 0 Å². The van der Waals surface area contributed by atoms with Gasteiger partial charge in [0, 0.05) is 18.1 Å². The monoisotopic (exact) mass is 454 g/mol. The fraction of sp³-hybridized carbons (Fsp3) is 0.273. The molecule has 15 heavy (non-hydrogen) atoms. The van der Waals surface area contributed by atoms with Gasteiger partial charge in [-0.25, -0.2) is 4.98 Å². The maximum Gasteiger partial charge on any atom is 0.104 e. The van der Waals surface area contributed by atoms with Crippen LogP contribution >= 0.6 is 0 Å². The molecule has 1 aromatic heterocycles. The molecule has 1 aliphatic rings. The van der Waals surface area contributed by atoms with Crippen molar-refractivity contribution in [1.82, 2.24) is 14.9 Å². The van der Waals surface area contributed by atoms with E-state index >= 15 is 0 Å². The molecule has 3 nitrogen and oxygen atoms in total. The van der Waals surface area contributed by atoms with Crippen LogP contribution in [0.2, 0.25) is 0 Å². The predicted molar refractivity (Wildman–Crippen MR) is 61.0 cm³/mol. The smallest absolute Gasteiger partial charge is 0.104 e. The molecule has 0 amide bonds. The number of hydrogen-bond acceptors (Lipinski definition) is 2. The molecule has 1 unspecified atom stereocenters. The summed E-state index contributed by atoms with van der Waals surface area (Å²) < 4.78 is 2.03. The van der Waals surface area contributed by atoms with Crippen LogP contribution in [0.25, 0.3) is 6.20 Å². The minimum Gasteiger partial charge on any atom is -0.407 e. The van der Waals surface area contributed by atoms with Gasteiger partial charge in [-0.3, -0.25) is 0 Å². The van der Waals surface area contributed by atoms with Gasteiger partial charge in [-0.15, -0.1) is 0 Å². The van der Waals surface area contributed by atoms with Crippen molar-refractivity contribution in [3.63, 3.8) is 0 Å². The number of nitrogens with one attached hydrogen (secondary N) is 1. The van der Waals surface area contributed by atoms with Crippen LogP contribution in [0.4, 0.5) is 0 Å². The number of allylic oxidation sites excluding steroid dienone is 1. The summed E-state index contributed by atoms with van der Waals surface area (Å²) in [6.45, 7) is 7.98. The van der Waals surface area contributed by atoms with E-state index in [1.54, 1.807) is 0 Å². The van der Waals surface area contributed by atoms with E-state index in [4.69, 9.17) is 0 Å². The summed E-state index contributed by atoms with van der Waals surface area (Å²) in [5.41, 5.74) is 2.16. The van der Waals surface area contributed by atoms with Crippen LogP contribution in [-0.2, 0) is 0 Å². The van der Waals surface area contributed by atoms with Crippen molar-refractivity contribution in [2.24, 2.45) is 0 Å². The molecule has 0 spiro atoms. The molecular weight excluding hydrogens is 436 g/mol. The minimum atomic E-state index is 0. The van der Waals surface area contributed by atoms with Crippen molar-refractivity contribution in [2.45, 2.75) is 19.9 Å². The molecule has 0 saturated carbocycles. The van der Waals surface area contributed by atoms with Gasteiger partial charge in [0.25, 0.3) is 0 Å². The van der Waals surface area contributed by atoms with Crippen molar-refractivity contribution in [3.8, 4) is 0 Å². The zero-order chi connectivity index (χ0) is 8.72. The fourth-order valence-electron chi connectivity index (χ4n) is 1.48. The Bertz CT molecular complexity index is 342. The average Bonchev–Trinajstić information content (AvgIpc) is 2.29. The maximum absolute atomic E-state index is 4.36. The van der Waals surface area contributed by atoms with Gasteiger partial charge >= 0.3 is 0 Å². The largest absolute Gasteiger partial charge is 0.407 e. The van der Waals surface area contributed by atoms with Crippen molar-refractivity contribution in [1.29, 1.82) is 0 Å². The molecule has 4 heteroatoms. The Balaban J connectivity index is 0. The number of nitrogens with zero attached hydrogens (tertiary/aromatic N) is 2. The second-order valence-corrected chi connectivity index (χ2v) is 3.16. The normalized spacial score (nSPS) is 17.0. The SMILES string of the molecule is [CH2-]C1NC(C)=Cn2cc(C)nc21.[CH3-].[CH3-].[Lr]. The molecule has 0 bridgehead atoms. The van der Waals surface area contributed by atoms with Gasteiger partial charge in [0.1, 0.15) is 5.82 Å². The molecule has 95 valence electrons. The Morgan fingerprint density at radius 1 is 1.40 bits per heavy atom. The number of aromatic nitrogens is 2. The molecule has 0 saturated heterocycles. The topological polar surface area (TPSA) is 29.9 Å². The minimum absolute atomic E-state index is 0. The Labute approximate surface area is 86.9 Å². The molecule has 1 aliphatic heterocycles. The van der Waals surface area contributed by atoms with Crippen molar-refractivity contribution >= 4 is 6.20 Å². The van der Waals surface area contributed by atoms with E-state index in [2.05, 4.69) is 17.2 Å². The summed E-state index contributed by atoms with van der Waals surface area (Å²) in [7, 11) is 0.